The smallest absolute Gasteiger partial charge is 0.273 e. The molecule has 1 aromatic carbocycles. The second kappa shape index (κ2) is 7.48. The number of amides is 2. The van der Waals surface area contributed by atoms with E-state index in [1.54, 1.807) is 17.4 Å². The average molecular weight is 357 g/mol. The molecule has 2 amide bonds. The number of anilines is 1. The monoisotopic (exact) mass is 357 g/mol. The van der Waals surface area contributed by atoms with Crippen LogP contribution in [0.4, 0.5) is 5.13 Å². The molecule has 1 N–H and O–H groups in total. The highest BCUT2D eigenvalue weighted by atomic mass is 32.1. The number of thiazole rings is 1. The summed E-state index contributed by atoms with van der Waals surface area (Å²) in [5, 5.41) is 4.72. The van der Waals surface area contributed by atoms with Crippen molar-refractivity contribution in [1.29, 1.82) is 0 Å². The minimum Gasteiger partial charge on any atom is -0.497 e. The maximum atomic E-state index is 12.5. The second-order valence-electron chi connectivity index (χ2n) is 5.68. The molecule has 25 heavy (non-hydrogen) atoms. The summed E-state index contributed by atoms with van der Waals surface area (Å²) in [4.78, 5) is 29.5. The van der Waals surface area contributed by atoms with Gasteiger partial charge in [0.05, 0.1) is 7.11 Å². The highest BCUT2D eigenvalue weighted by Gasteiger charge is 2.21. The highest BCUT2D eigenvalue weighted by Crippen LogP contribution is 2.25. The molecule has 1 aliphatic heterocycles. The molecule has 3 rings (SSSR count). The summed E-state index contributed by atoms with van der Waals surface area (Å²) in [5.74, 6) is 0.520. The number of hydrogen-bond donors (Lipinski definition) is 1. The molecule has 2 aromatic rings. The summed E-state index contributed by atoms with van der Waals surface area (Å²) in [6.45, 7) is 2.61. The SMILES string of the molecule is COc1ccc(C2=CCN(C(=O)c3csc(NC(C)=O)n3)CC2)cc1. The molecule has 0 aliphatic carbocycles. The number of nitrogens with zero attached hydrogens (tertiary/aromatic N) is 2. The van der Waals surface area contributed by atoms with E-state index >= 15 is 0 Å². The van der Waals surface area contributed by atoms with Crippen molar-refractivity contribution in [2.45, 2.75) is 13.3 Å². The molecule has 0 saturated carbocycles. The van der Waals surface area contributed by atoms with Gasteiger partial charge in [0.15, 0.2) is 5.13 Å². The van der Waals surface area contributed by atoms with Crippen molar-refractivity contribution in [2.75, 3.05) is 25.5 Å². The lowest BCUT2D eigenvalue weighted by atomic mass is 9.99. The van der Waals surface area contributed by atoms with Crippen LogP contribution in [0, 0.1) is 0 Å². The molecule has 0 spiro atoms. The number of aromatic nitrogens is 1. The minimum absolute atomic E-state index is 0.113. The van der Waals surface area contributed by atoms with Gasteiger partial charge < -0.3 is 15.0 Å². The lowest BCUT2D eigenvalue weighted by Gasteiger charge is -2.26. The molecule has 0 bridgehead atoms. The molecular formula is C18H19N3O3S. The number of methoxy groups -OCH3 is 1. The second-order valence-corrected chi connectivity index (χ2v) is 6.54. The van der Waals surface area contributed by atoms with Gasteiger partial charge in [0, 0.05) is 25.4 Å². The van der Waals surface area contributed by atoms with Crippen molar-refractivity contribution in [3.05, 3.63) is 47.0 Å². The molecule has 6 nitrogen and oxygen atoms in total. The standard InChI is InChI=1S/C18H19N3O3S/c1-12(22)19-18-20-16(11-25-18)17(23)21-9-7-14(8-10-21)13-3-5-15(24-2)6-4-13/h3-7,11H,8-10H2,1-2H3,(H,19,20,22). The van der Waals surface area contributed by atoms with E-state index in [9.17, 15) is 9.59 Å². The van der Waals surface area contributed by atoms with E-state index in [-0.39, 0.29) is 11.8 Å². The van der Waals surface area contributed by atoms with Crippen molar-refractivity contribution < 1.29 is 14.3 Å². The van der Waals surface area contributed by atoms with Gasteiger partial charge in [-0.2, -0.15) is 0 Å². The molecule has 0 radical (unpaired) electrons. The molecule has 1 aromatic heterocycles. The van der Waals surface area contributed by atoms with Crippen LogP contribution in [0.5, 0.6) is 5.75 Å². The van der Waals surface area contributed by atoms with Crippen LogP contribution < -0.4 is 10.1 Å². The van der Waals surface area contributed by atoms with E-state index in [4.69, 9.17) is 4.74 Å². The summed E-state index contributed by atoms with van der Waals surface area (Å²) < 4.78 is 5.18. The Labute approximate surface area is 150 Å². The van der Waals surface area contributed by atoms with Crippen LogP contribution in [0.2, 0.25) is 0 Å². The van der Waals surface area contributed by atoms with Gasteiger partial charge >= 0.3 is 0 Å². The van der Waals surface area contributed by atoms with Gasteiger partial charge in [-0.1, -0.05) is 18.2 Å². The van der Waals surface area contributed by atoms with Gasteiger partial charge in [-0.05, 0) is 29.7 Å². The number of hydrogen-bond acceptors (Lipinski definition) is 5. The molecular weight excluding hydrogens is 338 g/mol. The summed E-state index contributed by atoms with van der Waals surface area (Å²) >= 11 is 1.25. The normalized spacial score (nSPS) is 14.0. The largest absolute Gasteiger partial charge is 0.497 e. The lowest BCUT2D eigenvalue weighted by molar-refractivity contribution is -0.114. The maximum Gasteiger partial charge on any atom is 0.273 e. The third kappa shape index (κ3) is 4.06. The van der Waals surface area contributed by atoms with Crippen LogP contribution in [-0.4, -0.2) is 41.9 Å². The summed E-state index contributed by atoms with van der Waals surface area (Å²) in [6, 6.07) is 7.93. The molecule has 7 heteroatoms. The molecule has 2 heterocycles. The van der Waals surface area contributed by atoms with Gasteiger partial charge in [0.1, 0.15) is 11.4 Å². The Morgan fingerprint density at radius 2 is 2.04 bits per heavy atom. The van der Waals surface area contributed by atoms with E-state index in [1.807, 2.05) is 24.3 Å². The van der Waals surface area contributed by atoms with Crippen molar-refractivity contribution >= 4 is 33.9 Å². The van der Waals surface area contributed by atoms with Crippen LogP contribution >= 0.6 is 11.3 Å². The first kappa shape index (κ1) is 17.2. The summed E-state index contributed by atoms with van der Waals surface area (Å²) in [5.41, 5.74) is 2.74. The van der Waals surface area contributed by atoms with E-state index in [0.29, 0.717) is 23.9 Å². The Kier molecular flexibility index (Phi) is 5.14. The predicted octanol–water partition coefficient (Wildman–Crippen LogP) is 3.04. The fourth-order valence-electron chi connectivity index (χ4n) is 2.66. The zero-order chi connectivity index (χ0) is 17.8. The number of nitrogens with one attached hydrogen (secondary N) is 1. The maximum absolute atomic E-state index is 12.5. The zero-order valence-corrected chi connectivity index (χ0v) is 14.9. The first-order valence-corrected chi connectivity index (χ1v) is 8.80. The molecule has 1 aliphatic rings. The van der Waals surface area contributed by atoms with Gasteiger partial charge in [0.25, 0.3) is 5.91 Å². The van der Waals surface area contributed by atoms with Crippen LogP contribution in [0.25, 0.3) is 5.57 Å². The fourth-order valence-corrected chi connectivity index (χ4v) is 3.39. The first-order valence-electron chi connectivity index (χ1n) is 7.92. The van der Waals surface area contributed by atoms with Crippen LogP contribution in [0.15, 0.2) is 35.7 Å². The van der Waals surface area contributed by atoms with Crippen LogP contribution in [0.1, 0.15) is 29.4 Å². The van der Waals surface area contributed by atoms with Gasteiger partial charge in [-0.3, -0.25) is 9.59 Å². The number of ether oxygens (including phenoxy) is 1. The fraction of sp³-hybridized carbons (Fsp3) is 0.278. The Hall–Kier alpha value is -2.67. The molecule has 130 valence electrons. The van der Waals surface area contributed by atoms with Gasteiger partial charge in [-0.15, -0.1) is 11.3 Å². The van der Waals surface area contributed by atoms with Crippen molar-refractivity contribution in [3.63, 3.8) is 0 Å². The van der Waals surface area contributed by atoms with Crippen molar-refractivity contribution in [3.8, 4) is 5.75 Å². The average Bonchev–Trinajstić information content (AvgIpc) is 3.09. The third-order valence-electron chi connectivity index (χ3n) is 3.96. The lowest BCUT2D eigenvalue weighted by Crippen LogP contribution is -2.34. The Bertz CT molecular complexity index is 811. The van der Waals surface area contributed by atoms with Gasteiger partial charge in [0.2, 0.25) is 5.91 Å². The summed E-state index contributed by atoms with van der Waals surface area (Å²) in [6.07, 6.45) is 2.87. The van der Waals surface area contributed by atoms with Gasteiger partial charge in [-0.25, -0.2) is 4.98 Å². The Morgan fingerprint density at radius 1 is 1.28 bits per heavy atom. The van der Waals surface area contributed by atoms with Crippen LogP contribution in [-0.2, 0) is 4.79 Å². The number of benzene rings is 1. The Morgan fingerprint density at radius 3 is 2.64 bits per heavy atom. The Balaban J connectivity index is 1.65. The van der Waals surface area contributed by atoms with E-state index in [2.05, 4.69) is 16.4 Å². The number of carbonyl (C=O) groups is 2. The van der Waals surface area contributed by atoms with E-state index < -0.39 is 0 Å². The number of rotatable bonds is 4. The number of carbonyl (C=O) groups excluding carboxylic acids is 2. The minimum atomic E-state index is -0.196. The van der Waals surface area contributed by atoms with Crippen LogP contribution in [0.3, 0.4) is 0 Å². The summed E-state index contributed by atoms with van der Waals surface area (Å²) in [7, 11) is 1.65. The predicted molar refractivity (Wildman–Crippen MR) is 97.9 cm³/mol. The van der Waals surface area contributed by atoms with Crippen molar-refractivity contribution in [1.82, 2.24) is 9.88 Å². The highest BCUT2D eigenvalue weighted by molar-refractivity contribution is 7.14. The molecule has 0 saturated heterocycles. The first-order chi connectivity index (χ1) is 12.1. The molecule has 0 atom stereocenters. The van der Waals surface area contributed by atoms with Crippen molar-refractivity contribution in [2.24, 2.45) is 0 Å². The van der Waals surface area contributed by atoms with E-state index in [0.717, 1.165) is 17.7 Å². The van der Waals surface area contributed by atoms with E-state index in [1.165, 1.54) is 23.8 Å². The molecule has 0 unspecified atom stereocenters. The third-order valence-corrected chi connectivity index (χ3v) is 4.72. The zero-order valence-electron chi connectivity index (χ0n) is 14.1. The topological polar surface area (TPSA) is 71.5 Å². The molecule has 0 fully saturated rings. The quantitative estimate of drug-likeness (QED) is 0.913.